The van der Waals surface area contributed by atoms with Crippen LogP contribution in [-0.4, -0.2) is 78.1 Å². The normalized spacial score (nSPS) is 35.8. The summed E-state index contributed by atoms with van der Waals surface area (Å²) in [5.74, 6) is 0. The zero-order valence-corrected chi connectivity index (χ0v) is 22.0. The van der Waals surface area contributed by atoms with Gasteiger partial charge in [0.05, 0.1) is 43.7 Å². The number of aliphatic hydroxyl groups is 3. The average Bonchev–Trinajstić information content (AvgIpc) is 2.98. The van der Waals surface area contributed by atoms with E-state index in [2.05, 4.69) is 0 Å². The molecule has 3 N–H and O–H groups in total. The fraction of sp³-hybridized carbons (Fsp3) is 0.857. The zero-order valence-electron chi connectivity index (χ0n) is 13.7. The van der Waals surface area contributed by atoms with Gasteiger partial charge in [-0.25, -0.2) is 0 Å². The third-order valence-corrected chi connectivity index (χ3v) is 3.44. The maximum absolute atomic E-state index is 9.79. The number of hydrogen-bond donors (Lipinski definition) is 3. The van der Waals surface area contributed by atoms with E-state index in [9.17, 15) is 15.3 Å². The summed E-state index contributed by atoms with van der Waals surface area (Å²) in [6, 6.07) is 0. The van der Waals surface area contributed by atoms with Crippen molar-refractivity contribution in [3.63, 3.8) is 0 Å². The van der Waals surface area contributed by atoms with E-state index in [0.29, 0.717) is 6.61 Å². The predicted octanol–water partition coefficient (Wildman–Crippen LogP) is -1.03. The molecule has 6 atom stereocenters. The number of aliphatic hydroxyl groups excluding tert-OH is 3. The number of rotatable bonds is 8. The van der Waals surface area contributed by atoms with Crippen LogP contribution < -0.4 is 0 Å². The van der Waals surface area contributed by atoms with Crippen molar-refractivity contribution in [3.05, 3.63) is 13.2 Å². The first-order chi connectivity index (χ1) is 10.5. The van der Waals surface area contributed by atoms with Gasteiger partial charge in [-0.1, -0.05) is 0 Å². The van der Waals surface area contributed by atoms with Gasteiger partial charge in [0, 0.05) is 62.2 Å². The summed E-state index contributed by atoms with van der Waals surface area (Å²) in [4.78, 5) is 0. The van der Waals surface area contributed by atoms with Crippen molar-refractivity contribution in [1.29, 1.82) is 0 Å². The zero-order chi connectivity index (χ0) is 16.1. The number of hydrogen-bond acceptors (Lipinski definition) is 8. The average molecular weight is 796 g/mol. The van der Waals surface area contributed by atoms with Crippen LogP contribution in [0.25, 0.3) is 0 Å². The van der Waals surface area contributed by atoms with Gasteiger partial charge in [0.1, 0.15) is 6.79 Å². The van der Waals surface area contributed by atoms with Crippen LogP contribution in [0.5, 0.6) is 0 Å². The summed E-state index contributed by atoms with van der Waals surface area (Å²) in [5, 5.41) is 28.6. The van der Waals surface area contributed by atoms with E-state index in [1.54, 1.807) is 0 Å². The van der Waals surface area contributed by atoms with Crippen LogP contribution in [0.15, 0.2) is 0 Å². The van der Waals surface area contributed by atoms with Gasteiger partial charge in [0.2, 0.25) is 0 Å². The molecule has 0 aliphatic carbocycles. The van der Waals surface area contributed by atoms with Crippen LogP contribution in [0.3, 0.4) is 0 Å². The first-order valence-electron chi connectivity index (χ1n) is 7.31. The van der Waals surface area contributed by atoms with E-state index in [1.165, 1.54) is 13.2 Å². The molecule has 0 aromatic heterocycles. The Kier molecular flexibility index (Phi) is 14.0. The van der Waals surface area contributed by atoms with Crippen molar-refractivity contribution in [2.24, 2.45) is 0 Å². The molecule has 2 aliphatic heterocycles. The first-order valence-corrected chi connectivity index (χ1v) is 7.31. The van der Waals surface area contributed by atoms with Crippen LogP contribution in [0.2, 0.25) is 0 Å². The van der Waals surface area contributed by atoms with Crippen LogP contribution in [-0.2, 0) is 23.7 Å². The third kappa shape index (κ3) is 7.80. The Morgan fingerprint density at radius 1 is 0.958 bits per heavy atom. The summed E-state index contributed by atoms with van der Waals surface area (Å²) in [6.07, 6.45) is -4.42. The standard InChI is InChI=1S/C14H24O8.2U/c1-8(2)19-6-12-14(10(16)4-21-12)22-7-18-5-11-13(17)9(15)3-20-11;;/h3-4,8-17H,5-7H2,1-2H3;;/q-2;;/t9?,10?,11-,12-,13-,14-;;/m1../s1. The molecule has 8 nitrogen and oxygen atoms in total. The van der Waals surface area contributed by atoms with Crippen LogP contribution in [0.1, 0.15) is 13.8 Å². The molecule has 2 saturated heterocycles. The van der Waals surface area contributed by atoms with E-state index in [0.717, 1.165) is 0 Å². The van der Waals surface area contributed by atoms with Crippen molar-refractivity contribution in [2.75, 3.05) is 20.0 Å². The van der Waals surface area contributed by atoms with Gasteiger partial charge in [-0.2, -0.15) is 13.2 Å². The minimum atomic E-state index is -1.01. The van der Waals surface area contributed by atoms with Crippen LogP contribution in [0, 0.1) is 75.4 Å². The minimum Gasteiger partial charge on any atom is -0.544 e. The van der Waals surface area contributed by atoms with Crippen LogP contribution in [0.4, 0.5) is 0 Å². The monoisotopic (exact) mass is 796 g/mol. The van der Waals surface area contributed by atoms with Gasteiger partial charge >= 0.3 is 0 Å². The molecule has 24 heavy (non-hydrogen) atoms. The summed E-state index contributed by atoms with van der Waals surface area (Å²) in [5.41, 5.74) is 0. The molecule has 2 unspecified atom stereocenters. The van der Waals surface area contributed by atoms with Crippen molar-refractivity contribution in [2.45, 2.75) is 56.6 Å². The van der Waals surface area contributed by atoms with Crippen molar-refractivity contribution in [3.8, 4) is 0 Å². The number of ether oxygens (including phenoxy) is 5. The molecular formula is C14H24O8U2-2. The molecular weight excluding hydrogens is 772 g/mol. The fourth-order valence-electron chi connectivity index (χ4n) is 2.17. The van der Waals surface area contributed by atoms with Crippen LogP contribution >= 0.6 is 0 Å². The SMILES string of the molecule is CC(C)OC[C@H]1O[CH-]C(O)[C@H]1OCOC[C@H]1O[CH-]C(O)[C@H]1O.[U].[U]. The van der Waals surface area contributed by atoms with Gasteiger partial charge in [0.15, 0.2) is 0 Å². The second-order valence-corrected chi connectivity index (χ2v) is 5.60. The van der Waals surface area contributed by atoms with Gasteiger partial charge in [-0.3, -0.25) is 0 Å². The molecule has 0 amide bonds. The second-order valence-electron chi connectivity index (χ2n) is 5.60. The van der Waals surface area contributed by atoms with Gasteiger partial charge in [-0.15, -0.1) is 0 Å². The molecule has 2 heterocycles. The molecule has 138 valence electrons. The van der Waals surface area contributed by atoms with Crippen molar-refractivity contribution >= 4 is 0 Å². The van der Waals surface area contributed by atoms with Gasteiger partial charge < -0.3 is 39.0 Å². The van der Waals surface area contributed by atoms with E-state index in [4.69, 9.17) is 23.7 Å². The smallest absolute Gasteiger partial charge is 0.147 e. The molecule has 0 bridgehead atoms. The molecule has 0 aromatic carbocycles. The maximum atomic E-state index is 9.79. The molecule has 0 radical (unpaired) electrons. The first kappa shape index (κ1) is 25.8. The largest absolute Gasteiger partial charge is 0.544 e. The predicted molar refractivity (Wildman–Crippen MR) is 73.1 cm³/mol. The molecule has 2 rings (SSSR count). The Hall–Kier alpha value is 1.78. The Labute approximate surface area is 189 Å². The molecule has 0 spiro atoms. The maximum Gasteiger partial charge on any atom is 0.147 e. The van der Waals surface area contributed by atoms with E-state index >= 15 is 0 Å². The minimum absolute atomic E-state index is 0. The second kappa shape index (κ2) is 13.0. The van der Waals surface area contributed by atoms with Gasteiger partial charge in [0.25, 0.3) is 0 Å². The van der Waals surface area contributed by atoms with Crippen molar-refractivity contribution < 1.29 is 101 Å². The van der Waals surface area contributed by atoms with E-state index < -0.39 is 36.6 Å². The van der Waals surface area contributed by atoms with E-state index in [-0.39, 0.29) is 81.7 Å². The van der Waals surface area contributed by atoms with Crippen molar-refractivity contribution in [1.82, 2.24) is 0 Å². The Bertz CT molecular complexity index is 336. The Balaban J connectivity index is 0.00000264. The summed E-state index contributed by atoms with van der Waals surface area (Å²) in [7, 11) is 0. The molecule has 2 aliphatic rings. The van der Waals surface area contributed by atoms with Gasteiger partial charge in [-0.05, 0) is 26.1 Å². The summed E-state index contributed by atoms with van der Waals surface area (Å²) < 4.78 is 26.5. The molecule has 2 fully saturated rings. The molecule has 10 heteroatoms. The topological polar surface area (TPSA) is 107 Å². The third-order valence-electron chi connectivity index (χ3n) is 3.44. The van der Waals surface area contributed by atoms with E-state index in [1.807, 2.05) is 13.8 Å². The Morgan fingerprint density at radius 2 is 1.58 bits per heavy atom. The summed E-state index contributed by atoms with van der Waals surface area (Å²) >= 11 is 0. The molecule has 0 aromatic rings. The summed E-state index contributed by atoms with van der Waals surface area (Å²) in [6.45, 7) is 6.58. The molecule has 0 saturated carbocycles. The Morgan fingerprint density at radius 3 is 2.17 bits per heavy atom. The fourth-order valence-corrected chi connectivity index (χ4v) is 2.17. The quantitative estimate of drug-likeness (QED) is 0.163.